The fourth-order valence-electron chi connectivity index (χ4n) is 2.59. The van der Waals surface area contributed by atoms with Crippen LogP contribution in [0.2, 0.25) is 0 Å². The molecule has 0 spiro atoms. The molecule has 1 aliphatic rings. The average molecular weight is 275 g/mol. The van der Waals surface area contributed by atoms with Gasteiger partial charge in [0.1, 0.15) is 0 Å². The monoisotopic (exact) mass is 275 g/mol. The minimum absolute atomic E-state index is 1.16. The van der Waals surface area contributed by atoms with E-state index < -0.39 is 0 Å². The van der Waals surface area contributed by atoms with E-state index in [9.17, 15) is 0 Å². The third-order valence-corrected chi connectivity index (χ3v) is 4.02. The van der Waals surface area contributed by atoms with Crippen LogP contribution in [0.3, 0.4) is 0 Å². The van der Waals surface area contributed by atoms with Crippen molar-refractivity contribution in [3.8, 4) is 0 Å². The molecule has 1 saturated heterocycles. The molecular formula is C19H33N. The molecule has 0 unspecified atom stereocenters. The predicted octanol–water partition coefficient (Wildman–Crippen LogP) is 5.50. The second-order valence-electron chi connectivity index (χ2n) is 6.47. The molecule has 0 aromatic heterocycles. The summed E-state index contributed by atoms with van der Waals surface area (Å²) in [6, 6.07) is 0. The molecule has 1 nitrogen and oxygen atoms in total. The minimum atomic E-state index is 1.16. The average Bonchev–Trinajstić information content (AvgIpc) is 2.89. The van der Waals surface area contributed by atoms with E-state index in [2.05, 4.69) is 50.8 Å². The van der Waals surface area contributed by atoms with Crippen LogP contribution in [-0.4, -0.2) is 24.5 Å². The molecule has 0 bridgehead atoms. The van der Waals surface area contributed by atoms with E-state index in [1.807, 2.05) is 0 Å². The molecular weight excluding hydrogens is 242 g/mol. The maximum atomic E-state index is 2.56. The Balaban J connectivity index is 2.17. The van der Waals surface area contributed by atoms with Crippen molar-refractivity contribution < 1.29 is 0 Å². The summed E-state index contributed by atoms with van der Waals surface area (Å²) in [6.45, 7) is 12.7. The van der Waals surface area contributed by atoms with Crippen molar-refractivity contribution in [3.05, 3.63) is 34.9 Å². The molecule has 0 aliphatic carbocycles. The zero-order valence-corrected chi connectivity index (χ0v) is 14.0. The topological polar surface area (TPSA) is 3.24 Å². The predicted molar refractivity (Wildman–Crippen MR) is 91.1 cm³/mol. The highest BCUT2D eigenvalue weighted by atomic mass is 15.1. The van der Waals surface area contributed by atoms with Crippen LogP contribution >= 0.6 is 0 Å². The van der Waals surface area contributed by atoms with E-state index >= 15 is 0 Å². The van der Waals surface area contributed by atoms with Gasteiger partial charge in [0.25, 0.3) is 0 Å². The first-order valence-corrected chi connectivity index (χ1v) is 8.25. The van der Waals surface area contributed by atoms with E-state index in [0.29, 0.717) is 0 Å². The summed E-state index contributed by atoms with van der Waals surface area (Å²) in [6.07, 6.45) is 14.8. The zero-order chi connectivity index (χ0) is 14.8. The maximum absolute atomic E-state index is 2.56. The van der Waals surface area contributed by atoms with Gasteiger partial charge in [0.05, 0.1) is 0 Å². The summed E-state index contributed by atoms with van der Waals surface area (Å²) in [4.78, 5) is 2.56. The lowest BCUT2D eigenvalue weighted by atomic mass is 10.1. The summed E-state index contributed by atoms with van der Waals surface area (Å²) in [5.74, 6) is 0. The summed E-state index contributed by atoms with van der Waals surface area (Å²) in [5.41, 5.74) is 4.51. The summed E-state index contributed by atoms with van der Waals surface area (Å²) < 4.78 is 0. The van der Waals surface area contributed by atoms with Crippen LogP contribution in [0.15, 0.2) is 34.9 Å². The lowest BCUT2D eigenvalue weighted by Crippen LogP contribution is -2.18. The SMILES string of the molecule is CC(C)=CCC/C(C)=C/CC/C(C)=C/CN1CCCC1. The molecule has 0 atom stereocenters. The van der Waals surface area contributed by atoms with Crippen molar-refractivity contribution in [2.75, 3.05) is 19.6 Å². The third kappa shape index (κ3) is 8.37. The Labute approximate surface area is 126 Å². The Bertz CT molecular complexity index is 350. The summed E-state index contributed by atoms with van der Waals surface area (Å²) in [5, 5.41) is 0. The van der Waals surface area contributed by atoms with Gasteiger partial charge in [-0.1, -0.05) is 34.9 Å². The van der Waals surface area contributed by atoms with Gasteiger partial charge in [0.15, 0.2) is 0 Å². The van der Waals surface area contributed by atoms with E-state index in [4.69, 9.17) is 0 Å². The maximum Gasteiger partial charge on any atom is 0.0165 e. The molecule has 1 heterocycles. The van der Waals surface area contributed by atoms with Crippen LogP contribution in [0, 0.1) is 0 Å². The quantitative estimate of drug-likeness (QED) is 0.529. The smallest absolute Gasteiger partial charge is 0.0165 e. The lowest BCUT2D eigenvalue weighted by Gasteiger charge is -2.11. The second-order valence-corrected chi connectivity index (χ2v) is 6.47. The summed E-state index contributed by atoms with van der Waals surface area (Å²) in [7, 11) is 0. The molecule has 1 aliphatic heterocycles. The molecule has 0 saturated carbocycles. The van der Waals surface area contributed by atoms with Crippen molar-refractivity contribution in [1.82, 2.24) is 4.90 Å². The van der Waals surface area contributed by atoms with Crippen LogP contribution in [0.5, 0.6) is 0 Å². The van der Waals surface area contributed by atoms with Gasteiger partial charge in [-0.25, -0.2) is 0 Å². The van der Waals surface area contributed by atoms with E-state index in [1.54, 1.807) is 5.57 Å². The van der Waals surface area contributed by atoms with E-state index in [-0.39, 0.29) is 0 Å². The van der Waals surface area contributed by atoms with Gasteiger partial charge in [0, 0.05) is 6.54 Å². The normalized spacial score (nSPS) is 17.6. The van der Waals surface area contributed by atoms with Crippen LogP contribution in [0.1, 0.15) is 66.2 Å². The first kappa shape index (κ1) is 17.2. The molecule has 0 N–H and O–H groups in total. The molecule has 20 heavy (non-hydrogen) atoms. The zero-order valence-electron chi connectivity index (χ0n) is 14.0. The molecule has 0 radical (unpaired) electrons. The second kappa shape index (κ2) is 9.99. The third-order valence-electron chi connectivity index (χ3n) is 4.02. The van der Waals surface area contributed by atoms with Crippen molar-refractivity contribution in [2.24, 2.45) is 0 Å². The first-order valence-electron chi connectivity index (χ1n) is 8.25. The van der Waals surface area contributed by atoms with Gasteiger partial charge in [-0.2, -0.15) is 0 Å². The van der Waals surface area contributed by atoms with E-state index in [1.165, 1.54) is 62.8 Å². The highest BCUT2D eigenvalue weighted by Crippen LogP contribution is 2.12. The number of likely N-dealkylation sites (tertiary alicyclic amines) is 1. The number of allylic oxidation sites excluding steroid dienone is 5. The number of hydrogen-bond donors (Lipinski definition) is 0. The Morgan fingerprint density at radius 2 is 1.35 bits per heavy atom. The van der Waals surface area contributed by atoms with Gasteiger partial charge < -0.3 is 0 Å². The minimum Gasteiger partial charge on any atom is -0.300 e. The standard InChI is InChI=1S/C19H33N/c1-17(2)9-7-10-18(3)11-8-12-19(4)13-16-20-14-5-6-15-20/h9,11,13H,5-8,10,12,14-16H2,1-4H3/b18-11+,19-13+. The van der Waals surface area contributed by atoms with Crippen molar-refractivity contribution >= 4 is 0 Å². The van der Waals surface area contributed by atoms with Gasteiger partial charge in [0.2, 0.25) is 0 Å². The van der Waals surface area contributed by atoms with Crippen LogP contribution < -0.4 is 0 Å². The Kier molecular flexibility index (Phi) is 8.60. The molecule has 1 rings (SSSR count). The largest absolute Gasteiger partial charge is 0.300 e. The number of nitrogens with zero attached hydrogens (tertiary/aromatic N) is 1. The Morgan fingerprint density at radius 1 is 0.800 bits per heavy atom. The summed E-state index contributed by atoms with van der Waals surface area (Å²) >= 11 is 0. The van der Waals surface area contributed by atoms with Gasteiger partial charge >= 0.3 is 0 Å². The van der Waals surface area contributed by atoms with E-state index in [0.717, 1.165) is 6.54 Å². The van der Waals surface area contributed by atoms with Gasteiger partial charge in [-0.05, 0) is 79.3 Å². The van der Waals surface area contributed by atoms with Gasteiger partial charge in [-0.3, -0.25) is 4.90 Å². The Morgan fingerprint density at radius 3 is 1.95 bits per heavy atom. The van der Waals surface area contributed by atoms with Crippen molar-refractivity contribution in [3.63, 3.8) is 0 Å². The Hall–Kier alpha value is -0.820. The highest BCUT2D eigenvalue weighted by Gasteiger charge is 2.08. The molecule has 1 heteroatoms. The van der Waals surface area contributed by atoms with Crippen LogP contribution in [0.25, 0.3) is 0 Å². The number of rotatable bonds is 8. The molecule has 114 valence electrons. The molecule has 0 aromatic rings. The fraction of sp³-hybridized carbons (Fsp3) is 0.684. The molecule has 0 amide bonds. The fourth-order valence-corrected chi connectivity index (χ4v) is 2.59. The highest BCUT2D eigenvalue weighted by molar-refractivity contribution is 5.06. The van der Waals surface area contributed by atoms with Gasteiger partial charge in [-0.15, -0.1) is 0 Å². The molecule has 0 aromatic carbocycles. The first-order chi connectivity index (χ1) is 9.58. The number of hydrogen-bond acceptors (Lipinski definition) is 1. The van der Waals surface area contributed by atoms with Crippen LogP contribution in [-0.2, 0) is 0 Å². The lowest BCUT2D eigenvalue weighted by molar-refractivity contribution is 0.376. The van der Waals surface area contributed by atoms with Crippen molar-refractivity contribution in [1.29, 1.82) is 0 Å². The molecule has 1 fully saturated rings. The van der Waals surface area contributed by atoms with Crippen LogP contribution in [0.4, 0.5) is 0 Å². The van der Waals surface area contributed by atoms with Crippen molar-refractivity contribution in [2.45, 2.75) is 66.2 Å².